The van der Waals surface area contributed by atoms with Crippen molar-refractivity contribution in [2.75, 3.05) is 0 Å². The minimum atomic E-state index is 0.0894. The van der Waals surface area contributed by atoms with Gasteiger partial charge in [0.25, 0.3) is 0 Å². The molecule has 0 fully saturated rings. The maximum Gasteiger partial charge on any atom is 0.228 e. The zero-order valence-electron chi connectivity index (χ0n) is 25.4. The molecule has 38 heavy (non-hydrogen) atoms. The Morgan fingerprint density at radius 2 is 1.53 bits per heavy atom. The molecule has 0 aliphatic carbocycles. The van der Waals surface area contributed by atoms with Crippen molar-refractivity contribution in [3.8, 4) is 22.8 Å². The maximum atomic E-state index is 9.04. The molecule has 0 N–H and O–H groups in total. The van der Waals surface area contributed by atoms with E-state index in [2.05, 4.69) is 97.9 Å². The molecule has 1 aliphatic heterocycles. The van der Waals surface area contributed by atoms with Crippen LogP contribution in [0, 0.1) is 24.7 Å². The first-order valence-electron chi connectivity index (χ1n) is 14.3. The third-order valence-electron chi connectivity index (χ3n) is 7.86. The molecule has 5 aromatic rings. The lowest BCUT2D eigenvalue weighted by Gasteiger charge is -2.28. The third-order valence-corrected chi connectivity index (χ3v) is 7.86. The first kappa shape index (κ1) is 23.7. The molecule has 2 heterocycles. The van der Waals surface area contributed by atoms with Crippen molar-refractivity contribution in [2.45, 2.75) is 68.2 Å². The highest BCUT2D eigenvalue weighted by atomic mass is 16.5. The van der Waals surface area contributed by atoms with Crippen molar-refractivity contribution in [3.05, 3.63) is 77.0 Å². The highest BCUT2D eigenvalue weighted by Crippen LogP contribution is 2.52. The summed E-state index contributed by atoms with van der Waals surface area (Å²) in [5.41, 5.74) is 7.57. The molecule has 0 radical (unpaired) electrons. The Bertz CT molecular complexity index is 1830. The van der Waals surface area contributed by atoms with E-state index in [0.29, 0.717) is 6.17 Å². The van der Waals surface area contributed by atoms with Crippen molar-refractivity contribution >= 4 is 32.3 Å². The van der Waals surface area contributed by atoms with Crippen LogP contribution < -0.4 is 9.30 Å². The molecule has 0 bridgehead atoms. The highest BCUT2D eigenvalue weighted by molar-refractivity contribution is 6.16. The van der Waals surface area contributed by atoms with E-state index < -0.39 is 0 Å². The minimum absolute atomic E-state index is 0.0894. The average Bonchev–Trinajstić information content (AvgIpc) is 2.83. The number of aryl methyl sites for hydroxylation is 2. The lowest BCUT2D eigenvalue weighted by atomic mass is 9.81. The predicted molar refractivity (Wildman–Crippen MR) is 161 cm³/mol. The van der Waals surface area contributed by atoms with Crippen LogP contribution in [-0.2, 0) is 19.9 Å². The topological polar surface area (TPSA) is 13.1 Å². The fraction of sp³-hybridized carbons (Fsp3) is 0.361. The molecule has 0 atom stereocenters. The monoisotopic (exact) mass is 503 g/mol. The Morgan fingerprint density at radius 1 is 0.789 bits per heavy atom. The van der Waals surface area contributed by atoms with Gasteiger partial charge in [0.2, 0.25) is 5.69 Å². The molecule has 0 amide bonds. The van der Waals surface area contributed by atoms with E-state index in [-0.39, 0.29) is 10.8 Å². The van der Waals surface area contributed by atoms with Crippen molar-refractivity contribution in [2.24, 2.45) is 17.9 Å². The van der Waals surface area contributed by atoms with E-state index in [9.17, 15) is 0 Å². The average molecular weight is 504 g/mol. The lowest BCUT2D eigenvalue weighted by molar-refractivity contribution is -0.659. The van der Waals surface area contributed by atoms with Gasteiger partial charge in [-0.05, 0) is 76.3 Å². The molecule has 1 aliphatic rings. The van der Waals surface area contributed by atoms with Crippen LogP contribution in [0.3, 0.4) is 0 Å². The largest absolute Gasteiger partial charge is 0.455 e. The van der Waals surface area contributed by atoms with Crippen LogP contribution in [-0.4, -0.2) is 0 Å². The van der Waals surface area contributed by atoms with Gasteiger partial charge in [0, 0.05) is 17.0 Å². The molecule has 4 aromatic carbocycles. The van der Waals surface area contributed by atoms with Crippen LogP contribution >= 0.6 is 0 Å². The summed E-state index contributed by atoms with van der Waals surface area (Å²) in [5.74, 6) is 1.85. The van der Waals surface area contributed by atoms with Gasteiger partial charge in [-0.25, -0.2) is 4.57 Å². The molecular weight excluding hydrogens is 462 g/mol. The number of hydrogen-bond donors (Lipinski definition) is 0. The number of rotatable bonds is 2. The molecule has 6 rings (SSSR count). The molecule has 2 nitrogen and oxygen atoms in total. The Hall–Kier alpha value is -3.39. The van der Waals surface area contributed by atoms with Crippen LogP contribution in [0.4, 0.5) is 0 Å². The normalized spacial score (nSPS) is 13.7. The first-order valence-corrected chi connectivity index (χ1v) is 13.8. The zero-order valence-corrected chi connectivity index (χ0v) is 24.4. The summed E-state index contributed by atoms with van der Waals surface area (Å²) in [7, 11) is 2.03. The van der Waals surface area contributed by atoms with Crippen molar-refractivity contribution in [3.63, 3.8) is 0 Å². The summed E-state index contributed by atoms with van der Waals surface area (Å²) in [6.07, 6.45) is 2.42. The first-order chi connectivity index (χ1) is 18.2. The Balaban J connectivity index is 1.76. The van der Waals surface area contributed by atoms with Gasteiger partial charge in [-0.2, -0.15) is 0 Å². The van der Waals surface area contributed by atoms with E-state index >= 15 is 0 Å². The van der Waals surface area contributed by atoms with Gasteiger partial charge in [-0.15, -0.1) is 0 Å². The van der Waals surface area contributed by atoms with E-state index in [1.165, 1.54) is 38.4 Å². The molecule has 0 spiro atoms. The van der Waals surface area contributed by atoms with Gasteiger partial charge in [-0.3, -0.25) is 0 Å². The Kier molecular flexibility index (Phi) is 5.18. The van der Waals surface area contributed by atoms with Crippen LogP contribution in [0.25, 0.3) is 43.6 Å². The summed E-state index contributed by atoms with van der Waals surface area (Å²) in [5, 5.41) is 7.10. The van der Waals surface area contributed by atoms with E-state index in [1.807, 2.05) is 17.7 Å². The van der Waals surface area contributed by atoms with E-state index in [4.69, 9.17) is 6.11 Å². The summed E-state index contributed by atoms with van der Waals surface area (Å²) < 4.78 is 18.1. The molecular formula is C36H40NO+. The summed E-state index contributed by atoms with van der Waals surface area (Å²) in [6, 6.07) is 17.8. The van der Waals surface area contributed by atoms with Gasteiger partial charge in [0.1, 0.15) is 19.9 Å². The van der Waals surface area contributed by atoms with Crippen LogP contribution in [0.1, 0.15) is 65.2 Å². The van der Waals surface area contributed by atoms with Crippen LogP contribution in [0.5, 0.6) is 11.5 Å². The number of ether oxygens (including phenoxy) is 1. The number of fused-ring (bicyclic) bond motifs is 5. The molecule has 194 valence electrons. The molecule has 1 aromatic heterocycles. The highest BCUT2D eigenvalue weighted by Gasteiger charge is 2.34. The standard InChI is InChI=1S/C36H40NO/c1-21-10-13-25-27(16-21)22(2)31-33-32-26(14-15-37(33)9)28-17-23(19-35(3,4)5)11-12-24(28)18-30(32)38-34(31)29(25)20-36(6,7)8/h10-18H,19-20H2,1-9H3/q+1/i15D. The number of pyridine rings is 1. The molecule has 0 saturated heterocycles. The summed E-state index contributed by atoms with van der Waals surface area (Å²) in [6.45, 7) is 18.1. The second kappa shape index (κ2) is 8.30. The number of aromatic nitrogens is 1. The fourth-order valence-corrected chi connectivity index (χ4v) is 6.35. The smallest absolute Gasteiger partial charge is 0.228 e. The zero-order chi connectivity index (χ0) is 28.0. The number of nitrogens with zero attached hydrogens (tertiary/aromatic N) is 1. The number of benzene rings is 4. The summed E-state index contributed by atoms with van der Waals surface area (Å²) >= 11 is 0. The van der Waals surface area contributed by atoms with Gasteiger partial charge in [-0.1, -0.05) is 83.5 Å². The van der Waals surface area contributed by atoms with Crippen molar-refractivity contribution in [1.29, 1.82) is 0 Å². The maximum absolute atomic E-state index is 9.04. The Morgan fingerprint density at radius 3 is 2.24 bits per heavy atom. The van der Waals surface area contributed by atoms with Crippen LogP contribution in [0.15, 0.2) is 54.7 Å². The van der Waals surface area contributed by atoms with Gasteiger partial charge >= 0.3 is 0 Å². The van der Waals surface area contributed by atoms with E-state index in [0.717, 1.165) is 51.8 Å². The quantitative estimate of drug-likeness (QED) is 0.169. The lowest BCUT2D eigenvalue weighted by Crippen LogP contribution is -2.32. The third kappa shape index (κ3) is 4.06. The Labute approximate surface area is 228 Å². The number of hydrogen-bond acceptors (Lipinski definition) is 1. The molecule has 0 saturated carbocycles. The van der Waals surface area contributed by atoms with E-state index in [1.54, 1.807) is 0 Å². The summed E-state index contributed by atoms with van der Waals surface area (Å²) in [4.78, 5) is 0. The van der Waals surface area contributed by atoms with Gasteiger partial charge < -0.3 is 4.74 Å². The SMILES string of the molecule is [2H]c1cc2c3c(cc4ccc(CC(C)(C)C)cc42)Oc2c(c(C)c4cc(C)ccc4c2CC(C)(C)C)-c3[n+]1C. The molecule has 2 heteroatoms. The van der Waals surface area contributed by atoms with Crippen molar-refractivity contribution < 1.29 is 10.7 Å². The van der Waals surface area contributed by atoms with Crippen molar-refractivity contribution in [1.82, 2.24) is 0 Å². The second-order valence-electron chi connectivity index (χ2n) is 13.8. The fourth-order valence-electron chi connectivity index (χ4n) is 6.35. The predicted octanol–water partition coefficient (Wildman–Crippen LogP) is 9.54. The minimum Gasteiger partial charge on any atom is -0.455 e. The van der Waals surface area contributed by atoms with Gasteiger partial charge in [0.05, 0.1) is 10.9 Å². The van der Waals surface area contributed by atoms with Crippen LogP contribution in [0.2, 0.25) is 0 Å². The van der Waals surface area contributed by atoms with Gasteiger partial charge in [0.15, 0.2) is 6.17 Å². The molecule has 0 unspecified atom stereocenters. The second-order valence-corrected chi connectivity index (χ2v) is 13.8.